The predicted octanol–water partition coefficient (Wildman–Crippen LogP) is 5.34. The summed E-state index contributed by atoms with van der Waals surface area (Å²) in [4.78, 5) is 14.3. The average molecular weight is 600 g/mol. The molecule has 0 bridgehead atoms. The molecule has 3 aromatic rings. The summed E-state index contributed by atoms with van der Waals surface area (Å²) in [5, 5.41) is 10.0. The number of rotatable bonds is 11. The van der Waals surface area contributed by atoms with E-state index < -0.39 is 12.7 Å². The van der Waals surface area contributed by atoms with Crippen molar-refractivity contribution in [1.82, 2.24) is 14.8 Å². The van der Waals surface area contributed by atoms with Crippen molar-refractivity contribution in [3.8, 4) is 17.6 Å². The Labute approximate surface area is 250 Å². The first kappa shape index (κ1) is 32.0. The standard InChI is InChI=1S/C32H40F3N5O3/c1-36-31(41)22-10-15-28(30(19-22)43-18-17-42-4)37-16-6-7-25-20-26-27(38-23-11-13-24(14-12-23)39(2)3)8-5-9-29(26)40(25)21-32(33,34)35/h5,8-10,15,19-20,23-24,37-38H,11-14,16-18,21H2,1-4H3,(H,36,41)/t23-,24+. The third-order valence-corrected chi connectivity index (χ3v) is 7.67. The maximum atomic E-state index is 13.6. The topological polar surface area (TPSA) is 79.8 Å². The monoisotopic (exact) mass is 599 g/mol. The fourth-order valence-corrected chi connectivity index (χ4v) is 5.40. The molecule has 0 spiro atoms. The second kappa shape index (κ2) is 14.5. The summed E-state index contributed by atoms with van der Waals surface area (Å²) in [6, 6.07) is 12.9. The number of carbonyl (C=O) groups excluding carboxylic acids is 1. The summed E-state index contributed by atoms with van der Waals surface area (Å²) in [5.41, 5.74) is 2.62. The maximum absolute atomic E-state index is 13.6. The fourth-order valence-electron chi connectivity index (χ4n) is 5.40. The molecule has 0 saturated heterocycles. The lowest BCUT2D eigenvalue weighted by molar-refractivity contribution is -0.140. The summed E-state index contributed by atoms with van der Waals surface area (Å²) >= 11 is 0. The number of carbonyl (C=O) groups is 1. The highest BCUT2D eigenvalue weighted by atomic mass is 19.4. The number of amides is 1. The Morgan fingerprint density at radius 3 is 2.51 bits per heavy atom. The molecule has 0 aliphatic heterocycles. The van der Waals surface area contributed by atoms with Crippen molar-refractivity contribution < 1.29 is 27.4 Å². The van der Waals surface area contributed by atoms with Crippen molar-refractivity contribution in [2.75, 3.05) is 58.6 Å². The Bertz CT molecular complexity index is 1450. The molecular weight excluding hydrogens is 559 g/mol. The van der Waals surface area contributed by atoms with Crippen LogP contribution < -0.4 is 20.7 Å². The van der Waals surface area contributed by atoms with Crippen molar-refractivity contribution in [3.05, 3.63) is 53.7 Å². The van der Waals surface area contributed by atoms with Crippen molar-refractivity contribution in [3.63, 3.8) is 0 Å². The zero-order valence-electron chi connectivity index (χ0n) is 25.1. The number of alkyl halides is 3. The molecule has 0 radical (unpaired) electrons. The quantitative estimate of drug-likeness (QED) is 0.204. The van der Waals surface area contributed by atoms with Crippen LogP contribution in [-0.4, -0.2) is 81.6 Å². The maximum Gasteiger partial charge on any atom is 0.406 e. The number of benzene rings is 2. The normalized spacial score (nSPS) is 16.9. The molecule has 43 heavy (non-hydrogen) atoms. The van der Waals surface area contributed by atoms with Gasteiger partial charge in [0.05, 0.1) is 30.0 Å². The van der Waals surface area contributed by atoms with Gasteiger partial charge in [0.15, 0.2) is 0 Å². The number of aromatic nitrogens is 1. The molecule has 1 fully saturated rings. The molecule has 0 atom stereocenters. The van der Waals surface area contributed by atoms with E-state index in [0.717, 1.165) is 36.8 Å². The third-order valence-electron chi connectivity index (χ3n) is 7.67. The molecule has 3 N–H and O–H groups in total. The van der Waals surface area contributed by atoms with Gasteiger partial charge in [0.25, 0.3) is 5.91 Å². The highest BCUT2D eigenvalue weighted by Gasteiger charge is 2.30. The van der Waals surface area contributed by atoms with Crippen LogP contribution in [0.5, 0.6) is 5.75 Å². The van der Waals surface area contributed by atoms with E-state index in [0.29, 0.717) is 35.2 Å². The zero-order chi connectivity index (χ0) is 31.0. The first-order chi connectivity index (χ1) is 20.6. The van der Waals surface area contributed by atoms with Crippen LogP contribution in [0.4, 0.5) is 24.5 Å². The van der Waals surface area contributed by atoms with E-state index in [4.69, 9.17) is 9.47 Å². The smallest absolute Gasteiger partial charge is 0.406 e. The van der Waals surface area contributed by atoms with Crippen LogP contribution in [0.3, 0.4) is 0 Å². The molecule has 11 heteroatoms. The van der Waals surface area contributed by atoms with Gasteiger partial charge in [-0.2, -0.15) is 13.2 Å². The Hall–Kier alpha value is -3.88. The molecule has 1 heterocycles. The first-order valence-electron chi connectivity index (χ1n) is 14.4. The molecule has 1 saturated carbocycles. The van der Waals surface area contributed by atoms with E-state index in [1.54, 1.807) is 50.6 Å². The van der Waals surface area contributed by atoms with Crippen molar-refractivity contribution in [1.29, 1.82) is 0 Å². The number of anilines is 2. The van der Waals surface area contributed by atoms with E-state index in [1.807, 2.05) is 6.07 Å². The Morgan fingerprint density at radius 1 is 1.07 bits per heavy atom. The van der Waals surface area contributed by atoms with Crippen LogP contribution in [0, 0.1) is 11.8 Å². The van der Waals surface area contributed by atoms with Crippen LogP contribution in [0.15, 0.2) is 42.5 Å². The number of methoxy groups -OCH3 is 1. The van der Waals surface area contributed by atoms with Crippen LogP contribution in [0.25, 0.3) is 10.9 Å². The second-order valence-electron chi connectivity index (χ2n) is 10.9. The van der Waals surface area contributed by atoms with E-state index >= 15 is 0 Å². The van der Waals surface area contributed by atoms with E-state index in [-0.39, 0.29) is 30.8 Å². The van der Waals surface area contributed by atoms with Gasteiger partial charge in [0.2, 0.25) is 0 Å². The van der Waals surface area contributed by atoms with Gasteiger partial charge >= 0.3 is 6.18 Å². The minimum Gasteiger partial charge on any atom is -0.489 e. The summed E-state index contributed by atoms with van der Waals surface area (Å²) in [6.07, 6.45) is -0.250. The lowest BCUT2D eigenvalue weighted by atomic mass is 9.90. The zero-order valence-corrected chi connectivity index (χ0v) is 25.1. The Kier molecular flexibility index (Phi) is 10.8. The summed E-state index contributed by atoms with van der Waals surface area (Å²) < 4.78 is 53.0. The summed E-state index contributed by atoms with van der Waals surface area (Å²) in [7, 11) is 7.30. The number of nitrogens with one attached hydrogen (secondary N) is 3. The molecular formula is C32H40F3N5O3. The van der Waals surface area contributed by atoms with Gasteiger partial charge < -0.3 is 34.9 Å². The molecule has 232 valence electrons. The number of hydrogen-bond donors (Lipinski definition) is 3. The summed E-state index contributed by atoms with van der Waals surface area (Å²) in [5.74, 6) is 6.10. The fraction of sp³-hybridized carbons (Fsp3) is 0.469. The first-order valence-corrected chi connectivity index (χ1v) is 14.4. The van der Waals surface area contributed by atoms with Crippen LogP contribution in [-0.2, 0) is 11.3 Å². The third kappa shape index (κ3) is 8.58. The minimum absolute atomic E-state index is 0.147. The molecule has 0 unspecified atom stereocenters. The van der Waals surface area contributed by atoms with E-state index in [9.17, 15) is 18.0 Å². The van der Waals surface area contributed by atoms with E-state index in [2.05, 4.69) is 46.8 Å². The number of nitrogens with zero attached hydrogens (tertiary/aromatic N) is 2. The van der Waals surface area contributed by atoms with Crippen molar-refractivity contribution in [2.45, 2.75) is 50.5 Å². The van der Waals surface area contributed by atoms with Gasteiger partial charge in [-0.05, 0) is 82.1 Å². The van der Waals surface area contributed by atoms with Crippen LogP contribution in [0.1, 0.15) is 41.7 Å². The molecule has 1 amide bonds. The van der Waals surface area contributed by atoms with Gasteiger partial charge in [-0.3, -0.25) is 4.79 Å². The van der Waals surface area contributed by atoms with Gasteiger partial charge in [0.1, 0.15) is 18.9 Å². The van der Waals surface area contributed by atoms with Gasteiger partial charge in [-0.15, -0.1) is 0 Å². The largest absolute Gasteiger partial charge is 0.489 e. The van der Waals surface area contributed by atoms with Gasteiger partial charge in [0, 0.05) is 42.9 Å². The highest BCUT2D eigenvalue weighted by Crippen LogP contribution is 2.32. The Balaban J connectivity index is 1.55. The number of fused-ring (bicyclic) bond motifs is 1. The van der Waals surface area contributed by atoms with Crippen molar-refractivity contribution >= 4 is 28.2 Å². The molecule has 1 aliphatic carbocycles. The van der Waals surface area contributed by atoms with Crippen LogP contribution >= 0.6 is 0 Å². The number of halogens is 3. The lowest BCUT2D eigenvalue weighted by Crippen LogP contribution is -2.36. The van der Waals surface area contributed by atoms with Crippen molar-refractivity contribution in [2.24, 2.45) is 0 Å². The Morgan fingerprint density at radius 2 is 1.84 bits per heavy atom. The predicted molar refractivity (Wildman–Crippen MR) is 164 cm³/mol. The SMILES string of the molecule is CNC(=O)c1ccc(NCC#Cc2cc3c(N[C@H]4CC[C@@H](N(C)C)CC4)cccc3n2CC(F)(F)F)c(OCCOC)c1. The number of ether oxygens (including phenoxy) is 2. The van der Waals surface area contributed by atoms with Crippen LogP contribution in [0.2, 0.25) is 0 Å². The van der Waals surface area contributed by atoms with Gasteiger partial charge in [-0.25, -0.2) is 0 Å². The average Bonchev–Trinajstić information content (AvgIpc) is 3.32. The molecule has 8 nitrogen and oxygen atoms in total. The lowest BCUT2D eigenvalue weighted by Gasteiger charge is -2.33. The summed E-state index contributed by atoms with van der Waals surface area (Å²) in [6.45, 7) is -0.349. The minimum atomic E-state index is -4.41. The number of hydrogen-bond acceptors (Lipinski definition) is 6. The highest BCUT2D eigenvalue weighted by molar-refractivity contribution is 5.95. The van der Waals surface area contributed by atoms with E-state index in [1.165, 1.54) is 4.57 Å². The molecule has 4 rings (SSSR count). The molecule has 2 aromatic carbocycles. The molecule has 1 aromatic heterocycles. The molecule has 1 aliphatic rings. The van der Waals surface area contributed by atoms with Gasteiger partial charge in [-0.1, -0.05) is 12.0 Å². The second-order valence-corrected chi connectivity index (χ2v) is 10.9.